The second-order valence-electron chi connectivity index (χ2n) is 3.70. The van der Waals surface area contributed by atoms with E-state index < -0.39 is 0 Å². The van der Waals surface area contributed by atoms with Crippen LogP contribution >= 0.6 is 0 Å². The van der Waals surface area contributed by atoms with Gasteiger partial charge in [0.15, 0.2) is 5.84 Å². The molecule has 0 unspecified atom stereocenters. The molecular weight excluding hydrogens is 216 g/mol. The molecule has 0 bridgehead atoms. The second-order valence-corrected chi connectivity index (χ2v) is 3.70. The lowest BCUT2D eigenvalue weighted by molar-refractivity contribution is 0.883. The Hall–Kier alpha value is -2.30. The Kier molecular flexibility index (Phi) is 2.82. The number of amidine groups is 1. The topological polar surface area (TPSA) is 72.4 Å². The van der Waals surface area contributed by atoms with Crippen molar-refractivity contribution in [3.63, 3.8) is 0 Å². The van der Waals surface area contributed by atoms with Gasteiger partial charge in [-0.05, 0) is 17.5 Å². The van der Waals surface area contributed by atoms with Crippen molar-refractivity contribution >= 4 is 16.7 Å². The van der Waals surface area contributed by atoms with Crippen LogP contribution in [0.1, 0.15) is 5.56 Å². The zero-order valence-electron chi connectivity index (χ0n) is 9.77. The summed E-state index contributed by atoms with van der Waals surface area (Å²) < 4.78 is 1.57. The number of nitrogens with one attached hydrogen (secondary N) is 1. The molecule has 1 aromatic carbocycles. The van der Waals surface area contributed by atoms with Crippen molar-refractivity contribution in [2.75, 3.05) is 7.05 Å². The van der Waals surface area contributed by atoms with Crippen molar-refractivity contribution in [2.24, 2.45) is 17.9 Å². The normalized spacial score (nSPS) is 11.8. The number of nitrogens with zero attached hydrogens (tertiary/aromatic N) is 2. The van der Waals surface area contributed by atoms with Crippen molar-refractivity contribution < 1.29 is 0 Å². The summed E-state index contributed by atoms with van der Waals surface area (Å²) >= 11 is 0. The van der Waals surface area contributed by atoms with E-state index in [0.717, 1.165) is 10.9 Å². The van der Waals surface area contributed by atoms with E-state index in [1.165, 1.54) is 0 Å². The van der Waals surface area contributed by atoms with Crippen LogP contribution in [0.25, 0.3) is 10.9 Å². The van der Waals surface area contributed by atoms with Crippen LogP contribution in [-0.2, 0) is 7.05 Å². The lowest BCUT2D eigenvalue weighted by Gasteiger charge is -2.08. The predicted octanol–water partition coefficient (Wildman–Crippen LogP) is 0.378. The van der Waals surface area contributed by atoms with Crippen LogP contribution < -0.4 is 16.7 Å². The van der Waals surface area contributed by atoms with Gasteiger partial charge in [-0.25, -0.2) is 0 Å². The van der Waals surface area contributed by atoms with E-state index in [1.807, 2.05) is 24.3 Å². The molecule has 1 aromatic heterocycles. The van der Waals surface area contributed by atoms with Crippen LogP contribution in [0.4, 0.5) is 0 Å². The molecule has 5 heteroatoms. The van der Waals surface area contributed by atoms with E-state index in [4.69, 9.17) is 5.73 Å². The summed E-state index contributed by atoms with van der Waals surface area (Å²) in [6.45, 7) is 0. The van der Waals surface area contributed by atoms with Crippen molar-refractivity contribution in [3.8, 4) is 0 Å². The van der Waals surface area contributed by atoms with Gasteiger partial charge in [-0.15, -0.1) is 0 Å². The van der Waals surface area contributed by atoms with Gasteiger partial charge in [0.1, 0.15) is 0 Å². The summed E-state index contributed by atoms with van der Waals surface area (Å²) in [4.78, 5) is 12.1. The first-order chi connectivity index (χ1) is 8.15. The molecule has 1 heterocycles. The first-order valence-electron chi connectivity index (χ1n) is 5.24. The summed E-state index contributed by atoms with van der Waals surface area (Å²) in [5, 5.41) is 4.79. The van der Waals surface area contributed by atoms with E-state index in [-0.39, 0.29) is 11.4 Å². The lowest BCUT2D eigenvalue weighted by Crippen LogP contribution is -2.30. The quantitative estimate of drug-likeness (QED) is 0.445. The summed E-state index contributed by atoms with van der Waals surface area (Å²) in [5.74, 6) is 0.193. The number of pyridine rings is 1. The smallest absolute Gasteiger partial charge is 0.261 e. The third-order valence-electron chi connectivity index (χ3n) is 2.64. The minimum atomic E-state index is -0.153. The van der Waals surface area contributed by atoms with Crippen LogP contribution in [0.2, 0.25) is 0 Å². The first-order valence-corrected chi connectivity index (χ1v) is 5.24. The molecule has 3 N–H and O–H groups in total. The molecule has 2 rings (SSSR count). The van der Waals surface area contributed by atoms with Crippen molar-refractivity contribution in [2.45, 2.75) is 0 Å². The third kappa shape index (κ3) is 1.87. The minimum absolute atomic E-state index is 0.153. The Morgan fingerprint density at radius 2 is 2.12 bits per heavy atom. The van der Waals surface area contributed by atoms with Gasteiger partial charge in [0.05, 0.1) is 11.1 Å². The van der Waals surface area contributed by atoms with Crippen molar-refractivity contribution in [3.05, 3.63) is 46.2 Å². The molecule has 0 aliphatic carbocycles. The summed E-state index contributed by atoms with van der Waals surface area (Å²) in [7, 11) is 3.36. The molecule has 0 atom stereocenters. The number of aromatic nitrogens is 1. The van der Waals surface area contributed by atoms with E-state index >= 15 is 0 Å². The number of hydrogen-bond donors (Lipinski definition) is 2. The Morgan fingerprint density at radius 3 is 2.82 bits per heavy atom. The molecule has 0 aliphatic heterocycles. The number of nitrogens with two attached hydrogens (primary N) is 1. The standard InChI is InChI=1S/C12H14N4O/c1-14-15-11(13)9-7-8-5-3-4-6-10(8)16(2)12(9)17/h3-7,14H,1-2H3,(H2,13,15). The highest BCUT2D eigenvalue weighted by Crippen LogP contribution is 2.11. The highest BCUT2D eigenvalue weighted by Gasteiger charge is 2.09. The molecule has 0 amide bonds. The van der Waals surface area contributed by atoms with Crippen LogP contribution in [0, 0.1) is 0 Å². The molecule has 88 valence electrons. The summed E-state index contributed by atoms with van der Waals surface area (Å²) in [6.07, 6.45) is 0. The SMILES string of the molecule is CN/N=C(/N)c1cc2ccccc2n(C)c1=O. The van der Waals surface area contributed by atoms with Crippen LogP contribution in [0.15, 0.2) is 40.2 Å². The Labute approximate surface area is 98.6 Å². The molecular formula is C12H14N4O. The average molecular weight is 230 g/mol. The summed E-state index contributed by atoms with van der Waals surface area (Å²) in [6, 6.07) is 9.40. The number of aryl methyl sites for hydroxylation is 1. The highest BCUT2D eigenvalue weighted by atomic mass is 16.1. The first kappa shape index (κ1) is 11.2. The van der Waals surface area contributed by atoms with Crippen molar-refractivity contribution in [1.29, 1.82) is 0 Å². The number of rotatable bonds is 2. The van der Waals surface area contributed by atoms with Gasteiger partial charge in [0, 0.05) is 14.1 Å². The zero-order chi connectivity index (χ0) is 12.4. The maximum atomic E-state index is 12.1. The lowest BCUT2D eigenvalue weighted by atomic mass is 10.1. The van der Waals surface area contributed by atoms with Gasteiger partial charge in [0.25, 0.3) is 5.56 Å². The van der Waals surface area contributed by atoms with Gasteiger partial charge in [-0.1, -0.05) is 18.2 Å². The average Bonchev–Trinajstić information content (AvgIpc) is 2.34. The number of hydrazone groups is 1. The number of benzene rings is 1. The number of fused-ring (bicyclic) bond motifs is 1. The molecule has 5 nitrogen and oxygen atoms in total. The third-order valence-corrected chi connectivity index (χ3v) is 2.64. The Bertz CT molecular complexity index is 642. The van der Waals surface area contributed by atoms with Crippen LogP contribution in [0.5, 0.6) is 0 Å². The highest BCUT2D eigenvalue weighted by molar-refractivity contribution is 5.99. The van der Waals surface area contributed by atoms with Crippen molar-refractivity contribution in [1.82, 2.24) is 9.99 Å². The fourth-order valence-corrected chi connectivity index (χ4v) is 1.79. The van der Waals surface area contributed by atoms with Crippen LogP contribution in [0.3, 0.4) is 0 Å². The van der Waals surface area contributed by atoms with Gasteiger partial charge in [-0.3, -0.25) is 4.79 Å². The maximum absolute atomic E-state index is 12.1. The van der Waals surface area contributed by atoms with E-state index in [1.54, 1.807) is 24.7 Å². The fraction of sp³-hybridized carbons (Fsp3) is 0.167. The molecule has 0 saturated heterocycles. The fourth-order valence-electron chi connectivity index (χ4n) is 1.79. The monoisotopic (exact) mass is 230 g/mol. The van der Waals surface area contributed by atoms with E-state index in [9.17, 15) is 4.79 Å². The number of para-hydroxylation sites is 1. The molecule has 0 radical (unpaired) electrons. The Morgan fingerprint density at radius 1 is 1.41 bits per heavy atom. The van der Waals surface area contributed by atoms with Gasteiger partial charge < -0.3 is 15.7 Å². The predicted molar refractivity (Wildman–Crippen MR) is 69.0 cm³/mol. The molecule has 2 aromatic rings. The molecule has 0 saturated carbocycles. The molecule has 0 fully saturated rings. The van der Waals surface area contributed by atoms with Gasteiger partial charge in [0.2, 0.25) is 0 Å². The van der Waals surface area contributed by atoms with Gasteiger partial charge in [-0.2, -0.15) is 5.10 Å². The largest absolute Gasteiger partial charge is 0.382 e. The van der Waals surface area contributed by atoms with E-state index in [0.29, 0.717) is 5.56 Å². The van der Waals surface area contributed by atoms with Crippen LogP contribution in [-0.4, -0.2) is 17.5 Å². The minimum Gasteiger partial charge on any atom is -0.382 e. The Balaban J connectivity index is 2.79. The maximum Gasteiger partial charge on any atom is 0.261 e. The molecule has 0 aliphatic rings. The molecule has 17 heavy (non-hydrogen) atoms. The van der Waals surface area contributed by atoms with E-state index in [2.05, 4.69) is 10.5 Å². The van der Waals surface area contributed by atoms with Gasteiger partial charge >= 0.3 is 0 Å². The molecule has 0 spiro atoms. The number of hydrogen-bond acceptors (Lipinski definition) is 3. The zero-order valence-corrected chi connectivity index (χ0v) is 9.77. The summed E-state index contributed by atoms with van der Waals surface area (Å²) in [5.41, 5.74) is 9.44. The second kappa shape index (κ2) is 4.29.